The van der Waals surface area contributed by atoms with Crippen LogP contribution in [0.4, 0.5) is 13.2 Å². The van der Waals surface area contributed by atoms with Crippen LogP contribution >= 0.6 is 0 Å². The number of nitriles is 1. The van der Waals surface area contributed by atoms with Crippen molar-refractivity contribution < 1.29 is 32.2 Å². The number of hydrogen-bond acceptors (Lipinski definition) is 9. The van der Waals surface area contributed by atoms with E-state index in [1.165, 1.54) is 6.07 Å². The Morgan fingerprint density at radius 3 is 2.79 bits per heavy atom. The Morgan fingerprint density at radius 1 is 1.33 bits per heavy atom. The van der Waals surface area contributed by atoms with E-state index in [-0.39, 0.29) is 35.2 Å². The molecular formula is C21H24F3N5O4. The van der Waals surface area contributed by atoms with Crippen LogP contribution in [0.5, 0.6) is 5.75 Å². The van der Waals surface area contributed by atoms with E-state index in [2.05, 4.69) is 21.7 Å². The lowest BCUT2D eigenvalue weighted by Gasteiger charge is -2.16. The van der Waals surface area contributed by atoms with E-state index in [4.69, 9.17) is 13.9 Å². The average molecular weight is 467 g/mol. The van der Waals surface area contributed by atoms with Crippen molar-refractivity contribution in [1.82, 2.24) is 20.4 Å². The highest BCUT2D eigenvalue weighted by atomic mass is 19.4. The van der Waals surface area contributed by atoms with Crippen LogP contribution in [0.25, 0.3) is 11.5 Å². The van der Waals surface area contributed by atoms with Crippen molar-refractivity contribution in [2.75, 3.05) is 26.9 Å². The smallest absolute Gasteiger partial charge is 0.416 e. The molecule has 2 unspecified atom stereocenters. The van der Waals surface area contributed by atoms with Crippen molar-refractivity contribution in [3.8, 4) is 23.4 Å². The third kappa shape index (κ3) is 5.55. The first-order valence-electron chi connectivity index (χ1n) is 10.6. The Bertz CT molecular complexity index is 1000. The van der Waals surface area contributed by atoms with Gasteiger partial charge >= 0.3 is 6.18 Å². The number of methoxy groups -OCH3 is 1. The van der Waals surface area contributed by atoms with Gasteiger partial charge < -0.3 is 23.9 Å². The molecule has 2 heterocycles. The van der Waals surface area contributed by atoms with E-state index in [9.17, 15) is 23.5 Å². The molecule has 0 radical (unpaired) electrons. The predicted molar refractivity (Wildman–Crippen MR) is 107 cm³/mol. The second-order valence-electron chi connectivity index (χ2n) is 8.27. The maximum absolute atomic E-state index is 13.3. The predicted octanol–water partition coefficient (Wildman–Crippen LogP) is 2.70. The number of aliphatic hydroxyl groups is 1. The lowest BCUT2D eigenvalue weighted by atomic mass is 10.1. The van der Waals surface area contributed by atoms with E-state index in [1.807, 2.05) is 0 Å². The van der Waals surface area contributed by atoms with Gasteiger partial charge in [0.1, 0.15) is 5.75 Å². The van der Waals surface area contributed by atoms with E-state index in [0.717, 1.165) is 25.0 Å². The van der Waals surface area contributed by atoms with E-state index >= 15 is 0 Å². The summed E-state index contributed by atoms with van der Waals surface area (Å²) in [6, 6.07) is 2.71. The highest BCUT2D eigenvalue weighted by Crippen LogP contribution is 2.38. The number of halogens is 3. The Balaban J connectivity index is 1.50. The standard InChI is InChI=1S/C21H24F3N5O4/c1-31-10-15-7-14(8-29(15)11-25)26-18(30)20-28-27-19(33-20)16-6-13(21(22,23)24)4-5-17(16)32-9-12-2-3-12/h4-6,12,14-15,18,26,30H,2-3,7-10H2,1H3/t14-,15?,18?/m1/s1. The molecule has 4 rings (SSSR count). The fraction of sp³-hybridized carbons (Fsp3) is 0.571. The second kappa shape index (κ2) is 9.54. The second-order valence-corrected chi connectivity index (χ2v) is 8.27. The molecule has 1 aromatic carbocycles. The minimum Gasteiger partial charge on any atom is -0.492 e. The maximum Gasteiger partial charge on any atom is 0.416 e. The van der Waals surface area contributed by atoms with Gasteiger partial charge in [0.05, 0.1) is 30.4 Å². The van der Waals surface area contributed by atoms with Crippen molar-refractivity contribution in [3.63, 3.8) is 0 Å². The quantitative estimate of drug-likeness (QED) is 0.424. The van der Waals surface area contributed by atoms with Crippen LogP contribution in [0.1, 0.15) is 36.9 Å². The van der Waals surface area contributed by atoms with Crippen molar-refractivity contribution in [2.24, 2.45) is 5.92 Å². The summed E-state index contributed by atoms with van der Waals surface area (Å²) < 4.78 is 56.1. The summed E-state index contributed by atoms with van der Waals surface area (Å²) in [7, 11) is 1.54. The molecule has 33 heavy (non-hydrogen) atoms. The summed E-state index contributed by atoms with van der Waals surface area (Å²) in [5.41, 5.74) is -0.866. The van der Waals surface area contributed by atoms with Crippen LogP contribution < -0.4 is 10.1 Å². The van der Waals surface area contributed by atoms with Crippen LogP contribution in [0.2, 0.25) is 0 Å². The van der Waals surface area contributed by atoms with Crippen LogP contribution in [0.3, 0.4) is 0 Å². The van der Waals surface area contributed by atoms with E-state index in [0.29, 0.717) is 32.1 Å². The first-order valence-corrected chi connectivity index (χ1v) is 10.6. The molecule has 3 atom stereocenters. The molecule has 12 heteroatoms. The first kappa shape index (κ1) is 23.3. The Kier molecular flexibility index (Phi) is 6.73. The zero-order valence-electron chi connectivity index (χ0n) is 17.9. The van der Waals surface area contributed by atoms with E-state index < -0.39 is 18.0 Å². The molecule has 0 spiro atoms. The Morgan fingerprint density at radius 2 is 2.12 bits per heavy atom. The van der Waals surface area contributed by atoms with Crippen LogP contribution in [0.15, 0.2) is 22.6 Å². The largest absolute Gasteiger partial charge is 0.492 e. The zero-order valence-corrected chi connectivity index (χ0v) is 17.9. The van der Waals surface area contributed by atoms with Gasteiger partial charge in [-0.15, -0.1) is 10.2 Å². The summed E-state index contributed by atoms with van der Waals surface area (Å²) >= 11 is 0. The van der Waals surface area contributed by atoms with E-state index in [1.54, 1.807) is 12.0 Å². The third-order valence-corrected chi connectivity index (χ3v) is 5.68. The van der Waals surface area contributed by atoms with Crippen molar-refractivity contribution in [1.29, 1.82) is 5.26 Å². The SMILES string of the molecule is COCC1C[C@@H](NC(O)c2nnc(-c3cc(C(F)(F)F)ccc3OCC3CC3)o2)CN1C#N. The molecule has 1 aliphatic heterocycles. The number of rotatable bonds is 9. The molecule has 2 aromatic rings. The number of nitrogens with zero attached hydrogens (tertiary/aromatic N) is 4. The molecule has 1 aromatic heterocycles. The number of aromatic nitrogens is 2. The molecule has 2 N–H and O–H groups in total. The van der Waals surface area contributed by atoms with Gasteiger partial charge in [-0.25, -0.2) is 0 Å². The van der Waals surface area contributed by atoms with Crippen LogP contribution in [-0.4, -0.2) is 59.2 Å². The van der Waals surface area contributed by atoms with Gasteiger partial charge in [-0.2, -0.15) is 18.4 Å². The lowest BCUT2D eigenvalue weighted by molar-refractivity contribution is -0.137. The number of nitrogens with one attached hydrogen (secondary N) is 1. The highest BCUT2D eigenvalue weighted by Gasteiger charge is 2.35. The summed E-state index contributed by atoms with van der Waals surface area (Å²) in [4.78, 5) is 1.55. The number of hydrogen-bond donors (Lipinski definition) is 2. The summed E-state index contributed by atoms with van der Waals surface area (Å²) in [6.07, 6.45) is -1.23. The van der Waals surface area contributed by atoms with Crippen molar-refractivity contribution in [3.05, 3.63) is 29.7 Å². The molecule has 0 amide bonds. The minimum absolute atomic E-state index is 0.00751. The van der Waals surface area contributed by atoms with Crippen molar-refractivity contribution >= 4 is 0 Å². The Labute approximate surface area is 188 Å². The fourth-order valence-electron chi connectivity index (χ4n) is 3.75. The number of aliphatic hydroxyl groups excluding tert-OH is 1. The molecule has 9 nitrogen and oxygen atoms in total. The summed E-state index contributed by atoms with van der Waals surface area (Å²) in [6.45, 7) is 1.12. The zero-order chi connectivity index (χ0) is 23.6. The number of ether oxygens (including phenoxy) is 2. The molecule has 1 saturated heterocycles. The molecule has 2 aliphatic rings. The van der Waals surface area contributed by atoms with Gasteiger partial charge in [0.25, 0.3) is 11.8 Å². The van der Waals surface area contributed by atoms with Gasteiger partial charge in [-0.3, -0.25) is 5.32 Å². The molecular weight excluding hydrogens is 443 g/mol. The van der Waals surface area contributed by atoms with Crippen LogP contribution in [-0.2, 0) is 10.9 Å². The summed E-state index contributed by atoms with van der Waals surface area (Å²) in [5.74, 6) is 0.209. The normalized spacial score (nSPS) is 21.8. The van der Waals surface area contributed by atoms with Crippen LogP contribution in [0, 0.1) is 17.4 Å². The third-order valence-electron chi connectivity index (χ3n) is 5.68. The topological polar surface area (TPSA) is 117 Å². The number of benzene rings is 1. The average Bonchev–Trinajstić information content (AvgIpc) is 3.33. The maximum atomic E-state index is 13.3. The Hall–Kier alpha value is -2.88. The van der Waals surface area contributed by atoms with Crippen molar-refractivity contribution in [2.45, 2.75) is 43.8 Å². The number of alkyl halides is 3. The fourth-order valence-corrected chi connectivity index (χ4v) is 3.75. The minimum atomic E-state index is -4.55. The number of likely N-dealkylation sites (tertiary alicyclic amines) is 1. The van der Waals surface area contributed by atoms with Gasteiger partial charge in [0.15, 0.2) is 12.4 Å². The van der Waals surface area contributed by atoms with Gasteiger partial charge in [0, 0.05) is 19.7 Å². The highest BCUT2D eigenvalue weighted by molar-refractivity contribution is 5.64. The lowest BCUT2D eigenvalue weighted by Crippen LogP contribution is -2.34. The molecule has 1 saturated carbocycles. The molecule has 1 aliphatic carbocycles. The van der Waals surface area contributed by atoms with Gasteiger partial charge in [0.2, 0.25) is 0 Å². The molecule has 178 valence electrons. The molecule has 2 fully saturated rings. The molecule has 0 bridgehead atoms. The first-order chi connectivity index (χ1) is 15.8. The van der Waals surface area contributed by atoms with Gasteiger partial charge in [-0.1, -0.05) is 0 Å². The van der Waals surface area contributed by atoms with Gasteiger partial charge in [-0.05, 0) is 43.4 Å². The summed E-state index contributed by atoms with van der Waals surface area (Å²) in [5, 5.41) is 30.3. The monoisotopic (exact) mass is 467 g/mol.